The smallest absolute Gasteiger partial charge is 0.320 e. The Hall–Kier alpha value is -1.10. The summed E-state index contributed by atoms with van der Waals surface area (Å²) in [5.41, 5.74) is 0. The fourth-order valence-corrected chi connectivity index (χ4v) is 3.59. The van der Waals surface area contributed by atoms with Gasteiger partial charge in [-0.1, -0.05) is 19.3 Å². The van der Waals surface area contributed by atoms with Crippen LogP contribution in [0.2, 0.25) is 0 Å². The van der Waals surface area contributed by atoms with Gasteiger partial charge in [-0.15, -0.1) is 0 Å². The van der Waals surface area contributed by atoms with Gasteiger partial charge in [0.1, 0.15) is 6.04 Å². The maximum Gasteiger partial charge on any atom is 0.320 e. The number of nitrogens with zero attached hydrogens (tertiary/aromatic N) is 2. The molecule has 2 rings (SSSR count). The first-order valence-corrected chi connectivity index (χ1v) is 7.89. The first-order valence-electron chi connectivity index (χ1n) is 7.89. The Bertz CT molecular complexity index is 353. The van der Waals surface area contributed by atoms with Crippen LogP contribution in [0.1, 0.15) is 51.9 Å². The van der Waals surface area contributed by atoms with Gasteiger partial charge >= 0.3 is 5.97 Å². The lowest BCUT2D eigenvalue weighted by atomic mass is 9.94. The molecule has 20 heavy (non-hydrogen) atoms. The molecule has 1 saturated carbocycles. The first kappa shape index (κ1) is 15.3. The Kier molecular flexibility index (Phi) is 5.40. The predicted molar refractivity (Wildman–Crippen MR) is 76.5 cm³/mol. The van der Waals surface area contributed by atoms with Crippen molar-refractivity contribution in [1.82, 2.24) is 9.80 Å². The maximum atomic E-state index is 12.5. The molecule has 1 amide bonds. The molecule has 114 valence electrons. The molecule has 0 aromatic heterocycles. The van der Waals surface area contributed by atoms with Crippen LogP contribution in [0.3, 0.4) is 0 Å². The highest BCUT2D eigenvalue weighted by Gasteiger charge is 2.33. The van der Waals surface area contributed by atoms with Gasteiger partial charge in [-0.25, -0.2) is 0 Å². The highest BCUT2D eigenvalue weighted by atomic mass is 16.4. The number of hydrogen-bond acceptors (Lipinski definition) is 3. The summed E-state index contributed by atoms with van der Waals surface area (Å²) in [6, 6.07) is -0.101. The summed E-state index contributed by atoms with van der Waals surface area (Å²) in [6.45, 7) is 3.74. The Morgan fingerprint density at radius 1 is 1.15 bits per heavy atom. The molecule has 1 aliphatic carbocycles. The van der Waals surface area contributed by atoms with Crippen molar-refractivity contribution in [1.29, 1.82) is 0 Å². The Morgan fingerprint density at radius 3 is 2.45 bits per heavy atom. The SMILES string of the molecule is CCN(C(=O)CN1CCCC1C(=O)O)C1CCCCC1. The van der Waals surface area contributed by atoms with Gasteiger partial charge in [0, 0.05) is 12.6 Å². The molecule has 1 unspecified atom stereocenters. The molecular formula is C15H26N2O3. The number of rotatable bonds is 5. The quantitative estimate of drug-likeness (QED) is 0.834. The molecule has 1 atom stereocenters. The number of carbonyl (C=O) groups excluding carboxylic acids is 1. The third-order valence-corrected chi connectivity index (χ3v) is 4.66. The van der Waals surface area contributed by atoms with E-state index in [1.54, 1.807) is 0 Å². The van der Waals surface area contributed by atoms with E-state index in [1.165, 1.54) is 19.3 Å². The molecule has 1 heterocycles. The van der Waals surface area contributed by atoms with Crippen LogP contribution in [0.5, 0.6) is 0 Å². The van der Waals surface area contributed by atoms with Crippen LogP contribution >= 0.6 is 0 Å². The van der Waals surface area contributed by atoms with E-state index in [9.17, 15) is 14.7 Å². The van der Waals surface area contributed by atoms with Gasteiger partial charge in [0.2, 0.25) is 5.91 Å². The van der Waals surface area contributed by atoms with E-state index in [1.807, 2.05) is 16.7 Å². The predicted octanol–water partition coefficient (Wildman–Crippen LogP) is 1.72. The molecule has 0 aromatic rings. The molecule has 1 aliphatic heterocycles. The standard InChI is InChI=1S/C15H26N2O3/c1-2-17(12-7-4-3-5-8-12)14(18)11-16-10-6-9-13(16)15(19)20/h12-13H,2-11H2,1H3,(H,19,20). The summed E-state index contributed by atoms with van der Waals surface area (Å²) < 4.78 is 0. The van der Waals surface area contributed by atoms with Crippen molar-refractivity contribution >= 4 is 11.9 Å². The molecule has 5 nitrogen and oxygen atoms in total. The van der Waals surface area contributed by atoms with Gasteiger partial charge in [-0.3, -0.25) is 14.5 Å². The van der Waals surface area contributed by atoms with Crippen LogP contribution in [0.25, 0.3) is 0 Å². The number of carbonyl (C=O) groups is 2. The van der Waals surface area contributed by atoms with Crippen molar-refractivity contribution in [2.24, 2.45) is 0 Å². The lowest BCUT2D eigenvalue weighted by Crippen LogP contribution is -2.48. The summed E-state index contributed by atoms with van der Waals surface area (Å²) in [4.78, 5) is 27.5. The fourth-order valence-electron chi connectivity index (χ4n) is 3.59. The molecule has 2 aliphatic rings. The summed E-state index contributed by atoms with van der Waals surface area (Å²) in [6.07, 6.45) is 7.42. The number of likely N-dealkylation sites (N-methyl/N-ethyl adjacent to an activating group) is 1. The summed E-state index contributed by atoms with van der Waals surface area (Å²) in [5, 5.41) is 9.17. The van der Waals surface area contributed by atoms with Gasteiger partial charge in [0.15, 0.2) is 0 Å². The van der Waals surface area contributed by atoms with E-state index in [0.717, 1.165) is 32.4 Å². The zero-order valence-corrected chi connectivity index (χ0v) is 12.4. The van der Waals surface area contributed by atoms with Crippen molar-refractivity contribution in [3.05, 3.63) is 0 Å². The van der Waals surface area contributed by atoms with Gasteiger partial charge in [0.25, 0.3) is 0 Å². The van der Waals surface area contributed by atoms with E-state index in [4.69, 9.17) is 0 Å². The molecular weight excluding hydrogens is 256 g/mol. The average Bonchev–Trinajstić information content (AvgIpc) is 2.89. The van der Waals surface area contributed by atoms with Crippen LogP contribution in [0.4, 0.5) is 0 Å². The zero-order valence-electron chi connectivity index (χ0n) is 12.4. The van der Waals surface area contributed by atoms with Crippen molar-refractivity contribution < 1.29 is 14.7 Å². The third-order valence-electron chi connectivity index (χ3n) is 4.66. The molecule has 1 N–H and O–H groups in total. The van der Waals surface area contributed by atoms with Gasteiger partial charge in [-0.2, -0.15) is 0 Å². The minimum absolute atomic E-state index is 0.104. The lowest BCUT2D eigenvalue weighted by Gasteiger charge is -2.35. The molecule has 5 heteroatoms. The number of carboxylic acids is 1. The second kappa shape index (κ2) is 7.07. The van der Waals surface area contributed by atoms with E-state index in [2.05, 4.69) is 0 Å². The van der Waals surface area contributed by atoms with Crippen molar-refractivity contribution in [3.8, 4) is 0 Å². The topological polar surface area (TPSA) is 60.9 Å². The van der Waals surface area contributed by atoms with Crippen molar-refractivity contribution in [2.75, 3.05) is 19.6 Å². The second-order valence-electron chi connectivity index (χ2n) is 5.94. The Morgan fingerprint density at radius 2 is 1.85 bits per heavy atom. The van der Waals surface area contributed by atoms with Crippen LogP contribution in [-0.2, 0) is 9.59 Å². The highest BCUT2D eigenvalue weighted by molar-refractivity contribution is 5.80. The lowest BCUT2D eigenvalue weighted by molar-refractivity contribution is -0.143. The van der Waals surface area contributed by atoms with E-state index >= 15 is 0 Å². The minimum Gasteiger partial charge on any atom is -0.480 e. The maximum absolute atomic E-state index is 12.5. The number of likely N-dealkylation sites (tertiary alicyclic amines) is 1. The average molecular weight is 282 g/mol. The zero-order chi connectivity index (χ0) is 14.5. The molecule has 0 bridgehead atoms. The molecule has 1 saturated heterocycles. The minimum atomic E-state index is -0.795. The van der Waals surface area contributed by atoms with Crippen LogP contribution in [0.15, 0.2) is 0 Å². The summed E-state index contributed by atoms with van der Waals surface area (Å²) >= 11 is 0. The number of amides is 1. The van der Waals surface area contributed by atoms with Crippen molar-refractivity contribution in [2.45, 2.75) is 64.0 Å². The summed E-state index contributed by atoms with van der Waals surface area (Å²) in [7, 11) is 0. The third kappa shape index (κ3) is 3.51. The van der Waals surface area contributed by atoms with E-state index < -0.39 is 12.0 Å². The normalized spacial score (nSPS) is 24.8. The first-order chi connectivity index (χ1) is 9.63. The van der Waals surface area contributed by atoms with Crippen LogP contribution < -0.4 is 0 Å². The van der Waals surface area contributed by atoms with Gasteiger partial charge in [-0.05, 0) is 39.2 Å². The Balaban J connectivity index is 1.93. The number of carboxylic acid groups (broad SMARTS) is 1. The van der Waals surface area contributed by atoms with Crippen LogP contribution in [-0.4, -0.2) is 58.5 Å². The van der Waals surface area contributed by atoms with E-state index in [0.29, 0.717) is 12.5 Å². The fraction of sp³-hybridized carbons (Fsp3) is 0.867. The largest absolute Gasteiger partial charge is 0.480 e. The molecule has 2 fully saturated rings. The van der Waals surface area contributed by atoms with Crippen molar-refractivity contribution in [3.63, 3.8) is 0 Å². The number of aliphatic carboxylic acids is 1. The molecule has 0 spiro atoms. The number of hydrogen-bond donors (Lipinski definition) is 1. The van der Waals surface area contributed by atoms with E-state index in [-0.39, 0.29) is 12.5 Å². The van der Waals surface area contributed by atoms with Gasteiger partial charge in [0.05, 0.1) is 6.54 Å². The molecule has 0 radical (unpaired) electrons. The highest BCUT2D eigenvalue weighted by Crippen LogP contribution is 2.23. The van der Waals surface area contributed by atoms with Crippen LogP contribution in [0, 0.1) is 0 Å². The monoisotopic (exact) mass is 282 g/mol. The Labute approximate surface area is 120 Å². The summed E-state index contributed by atoms with van der Waals surface area (Å²) in [5.74, 6) is -0.691. The van der Waals surface area contributed by atoms with Gasteiger partial charge < -0.3 is 10.0 Å². The second-order valence-corrected chi connectivity index (χ2v) is 5.94. The molecule has 0 aromatic carbocycles.